The molecule has 0 saturated carbocycles. The standard InChI is InChI=1S/C21H23NO4/c1-14(23)16-10-12-18(13-11-16)22-19(24)15(2)26-20(25)21(3,4)17-8-6-5-7-9-17/h5-13,15H,1-4H3,(H,22,24)/t15-/m1/s1. The Kier molecular flexibility index (Phi) is 5.93. The smallest absolute Gasteiger partial charge is 0.316 e. The average Bonchev–Trinajstić information content (AvgIpc) is 2.62. The highest BCUT2D eigenvalue weighted by Crippen LogP contribution is 2.25. The van der Waals surface area contributed by atoms with Crippen molar-refractivity contribution < 1.29 is 19.1 Å². The number of Topliss-reactive ketones (excluding diaryl/α,β-unsaturated/α-hetero) is 1. The van der Waals surface area contributed by atoms with Crippen molar-refractivity contribution in [3.05, 3.63) is 65.7 Å². The Labute approximate surface area is 153 Å². The van der Waals surface area contributed by atoms with Crippen LogP contribution in [0.2, 0.25) is 0 Å². The summed E-state index contributed by atoms with van der Waals surface area (Å²) in [5.74, 6) is -0.954. The number of rotatable bonds is 6. The summed E-state index contributed by atoms with van der Waals surface area (Å²) in [7, 11) is 0. The zero-order valence-corrected chi connectivity index (χ0v) is 15.4. The van der Waals surface area contributed by atoms with E-state index in [4.69, 9.17) is 4.74 Å². The second-order valence-corrected chi connectivity index (χ2v) is 6.66. The van der Waals surface area contributed by atoms with Gasteiger partial charge in [0.15, 0.2) is 11.9 Å². The van der Waals surface area contributed by atoms with Gasteiger partial charge in [-0.3, -0.25) is 14.4 Å². The topological polar surface area (TPSA) is 72.5 Å². The number of esters is 1. The number of benzene rings is 2. The number of anilines is 1. The van der Waals surface area contributed by atoms with Gasteiger partial charge >= 0.3 is 5.97 Å². The molecule has 5 nitrogen and oxygen atoms in total. The Bertz CT molecular complexity index is 795. The van der Waals surface area contributed by atoms with Gasteiger partial charge in [0.05, 0.1) is 5.41 Å². The molecule has 2 rings (SSSR count). The molecule has 0 bridgehead atoms. The Balaban J connectivity index is 2.00. The van der Waals surface area contributed by atoms with Crippen molar-refractivity contribution in [1.29, 1.82) is 0 Å². The lowest BCUT2D eigenvalue weighted by molar-refractivity contribution is -0.158. The number of carbonyl (C=O) groups excluding carboxylic acids is 3. The first kappa shape index (κ1) is 19.4. The average molecular weight is 353 g/mol. The van der Waals surface area contributed by atoms with Crippen LogP contribution in [-0.4, -0.2) is 23.8 Å². The molecule has 1 atom stereocenters. The van der Waals surface area contributed by atoms with E-state index in [-0.39, 0.29) is 5.78 Å². The molecule has 0 aliphatic carbocycles. The highest BCUT2D eigenvalue weighted by molar-refractivity contribution is 5.97. The number of ketones is 1. The molecule has 26 heavy (non-hydrogen) atoms. The third-order valence-electron chi connectivity index (χ3n) is 4.22. The van der Waals surface area contributed by atoms with Crippen LogP contribution in [0.5, 0.6) is 0 Å². The number of hydrogen-bond donors (Lipinski definition) is 1. The van der Waals surface area contributed by atoms with E-state index in [2.05, 4.69) is 5.32 Å². The molecule has 0 aliphatic rings. The van der Waals surface area contributed by atoms with E-state index in [1.807, 2.05) is 30.3 Å². The zero-order valence-electron chi connectivity index (χ0n) is 15.4. The summed E-state index contributed by atoms with van der Waals surface area (Å²) < 4.78 is 5.36. The van der Waals surface area contributed by atoms with Gasteiger partial charge in [0, 0.05) is 11.3 Å². The van der Waals surface area contributed by atoms with Crippen LogP contribution in [0.4, 0.5) is 5.69 Å². The lowest BCUT2D eigenvalue weighted by Crippen LogP contribution is -2.37. The van der Waals surface area contributed by atoms with E-state index in [0.717, 1.165) is 5.56 Å². The summed E-state index contributed by atoms with van der Waals surface area (Å²) in [5.41, 5.74) is 1.05. The SMILES string of the molecule is CC(=O)c1ccc(NC(=O)[C@@H](C)OC(=O)C(C)(C)c2ccccc2)cc1. The monoisotopic (exact) mass is 353 g/mol. The van der Waals surface area contributed by atoms with Gasteiger partial charge < -0.3 is 10.1 Å². The number of nitrogens with one attached hydrogen (secondary N) is 1. The van der Waals surface area contributed by atoms with Crippen molar-refractivity contribution in [1.82, 2.24) is 0 Å². The molecule has 0 radical (unpaired) electrons. The molecule has 0 aromatic heterocycles. The molecule has 136 valence electrons. The number of hydrogen-bond acceptors (Lipinski definition) is 4. The minimum Gasteiger partial charge on any atom is -0.452 e. The summed E-state index contributed by atoms with van der Waals surface area (Å²) in [6, 6.07) is 15.8. The Morgan fingerprint density at radius 3 is 2.08 bits per heavy atom. The second-order valence-electron chi connectivity index (χ2n) is 6.66. The molecule has 0 unspecified atom stereocenters. The molecule has 2 aromatic rings. The van der Waals surface area contributed by atoms with Crippen LogP contribution in [0.15, 0.2) is 54.6 Å². The first-order valence-corrected chi connectivity index (χ1v) is 8.40. The molecule has 2 aromatic carbocycles. The van der Waals surface area contributed by atoms with Crippen LogP contribution >= 0.6 is 0 Å². The van der Waals surface area contributed by atoms with Gasteiger partial charge in [-0.1, -0.05) is 30.3 Å². The van der Waals surface area contributed by atoms with E-state index < -0.39 is 23.4 Å². The third kappa shape index (κ3) is 4.57. The third-order valence-corrected chi connectivity index (χ3v) is 4.22. The van der Waals surface area contributed by atoms with E-state index in [1.54, 1.807) is 38.1 Å². The normalized spacial score (nSPS) is 12.2. The Morgan fingerprint density at radius 2 is 1.54 bits per heavy atom. The maximum absolute atomic E-state index is 12.5. The number of amides is 1. The van der Waals surface area contributed by atoms with Crippen LogP contribution in [0, 0.1) is 0 Å². The molecule has 5 heteroatoms. The minimum atomic E-state index is -0.946. The van der Waals surface area contributed by atoms with Gasteiger partial charge in [-0.2, -0.15) is 0 Å². The van der Waals surface area contributed by atoms with E-state index in [1.165, 1.54) is 13.8 Å². The fourth-order valence-corrected chi connectivity index (χ4v) is 2.37. The maximum Gasteiger partial charge on any atom is 0.316 e. The van der Waals surface area contributed by atoms with E-state index in [9.17, 15) is 14.4 Å². The summed E-state index contributed by atoms with van der Waals surface area (Å²) in [6.45, 7) is 6.52. The predicted octanol–water partition coefficient (Wildman–Crippen LogP) is 3.74. The molecule has 0 aliphatic heterocycles. The Hall–Kier alpha value is -2.95. The largest absolute Gasteiger partial charge is 0.452 e. The maximum atomic E-state index is 12.5. The predicted molar refractivity (Wildman–Crippen MR) is 100 cm³/mol. The van der Waals surface area contributed by atoms with Gasteiger partial charge in [0.25, 0.3) is 5.91 Å². The highest BCUT2D eigenvalue weighted by atomic mass is 16.5. The van der Waals surface area contributed by atoms with Crippen molar-refractivity contribution >= 4 is 23.3 Å². The lowest BCUT2D eigenvalue weighted by Gasteiger charge is -2.25. The minimum absolute atomic E-state index is 0.0479. The van der Waals surface area contributed by atoms with Crippen LogP contribution in [0.1, 0.15) is 43.6 Å². The fraction of sp³-hybridized carbons (Fsp3) is 0.286. The Morgan fingerprint density at radius 1 is 0.962 bits per heavy atom. The first-order valence-electron chi connectivity index (χ1n) is 8.40. The van der Waals surface area contributed by atoms with Crippen molar-refractivity contribution in [3.63, 3.8) is 0 Å². The first-order chi connectivity index (χ1) is 12.2. The molecule has 0 fully saturated rings. The molecule has 0 heterocycles. The quantitative estimate of drug-likeness (QED) is 0.634. The summed E-state index contributed by atoms with van der Waals surface area (Å²) >= 11 is 0. The molecule has 0 spiro atoms. The van der Waals surface area contributed by atoms with Gasteiger partial charge in [0.1, 0.15) is 0 Å². The molecule has 1 N–H and O–H groups in total. The zero-order chi connectivity index (χ0) is 19.3. The van der Waals surface area contributed by atoms with Crippen molar-refractivity contribution in [2.24, 2.45) is 0 Å². The van der Waals surface area contributed by atoms with Crippen LogP contribution in [-0.2, 0) is 19.7 Å². The van der Waals surface area contributed by atoms with Gasteiger partial charge in [-0.25, -0.2) is 0 Å². The summed E-state index contributed by atoms with van der Waals surface area (Å²) in [6.07, 6.45) is -0.946. The van der Waals surface area contributed by atoms with Crippen molar-refractivity contribution in [3.8, 4) is 0 Å². The fourth-order valence-electron chi connectivity index (χ4n) is 2.37. The van der Waals surface area contributed by atoms with Gasteiger partial charge in [0.2, 0.25) is 0 Å². The van der Waals surface area contributed by atoms with Gasteiger partial charge in [-0.05, 0) is 57.5 Å². The van der Waals surface area contributed by atoms with Crippen LogP contribution < -0.4 is 5.32 Å². The molecule has 0 saturated heterocycles. The van der Waals surface area contributed by atoms with Crippen molar-refractivity contribution in [2.45, 2.75) is 39.2 Å². The summed E-state index contributed by atoms with van der Waals surface area (Å²) in [5, 5.41) is 2.68. The molecular formula is C21H23NO4. The highest BCUT2D eigenvalue weighted by Gasteiger charge is 2.33. The summed E-state index contributed by atoms with van der Waals surface area (Å²) in [4.78, 5) is 36.1. The van der Waals surface area contributed by atoms with E-state index in [0.29, 0.717) is 11.3 Å². The lowest BCUT2D eigenvalue weighted by atomic mass is 9.85. The van der Waals surface area contributed by atoms with Crippen LogP contribution in [0.25, 0.3) is 0 Å². The molecular weight excluding hydrogens is 330 g/mol. The van der Waals surface area contributed by atoms with Crippen LogP contribution in [0.3, 0.4) is 0 Å². The second kappa shape index (κ2) is 7.95. The van der Waals surface area contributed by atoms with E-state index >= 15 is 0 Å². The number of ether oxygens (including phenoxy) is 1. The molecule has 1 amide bonds. The van der Waals surface area contributed by atoms with Crippen molar-refractivity contribution in [2.75, 3.05) is 5.32 Å². The van der Waals surface area contributed by atoms with Gasteiger partial charge in [-0.15, -0.1) is 0 Å². The number of carbonyl (C=O) groups is 3.